The second kappa shape index (κ2) is 5.75. The molecule has 0 atom stereocenters. The summed E-state index contributed by atoms with van der Waals surface area (Å²) in [6, 6.07) is 3.91. The van der Waals surface area contributed by atoms with Crippen LogP contribution < -0.4 is 5.73 Å². The molecule has 2 nitrogen and oxygen atoms in total. The van der Waals surface area contributed by atoms with Crippen molar-refractivity contribution in [2.75, 3.05) is 11.1 Å². The van der Waals surface area contributed by atoms with Gasteiger partial charge >= 0.3 is 0 Å². The third-order valence-electron chi connectivity index (χ3n) is 1.71. The minimum atomic E-state index is 0.631. The Hall–Kier alpha value is -0.830. The predicted molar refractivity (Wildman–Crippen MR) is 59.9 cm³/mol. The Balaban J connectivity index is 2.49. The van der Waals surface area contributed by atoms with Gasteiger partial charge in [0.05, 0.1) is 0 Å². The zero-order valence-corrected chi connectivity index (χ0v) is 9.00. The summed E-state index contributed by atoms with van der Waals surface area (Å²) in [6.45, 7) is 0. The SMILES string of the molecule is Nc1ncccc1CC=CCCBr. The van der Waals surface area contributed by atoms with Crippen LogP contribution in [-0.2, 0) is 6.42 Å². The topological polar surface area (TPSA) is 38.9 Å². The lowest BCUT2D eigenvalue weighted by atomic mass is 10.2. The third kappa shape index (κ3) is 3.59. The summed E-state index contributed by atoms with van der Waals surface area (Å²) in [7, 11) is 0. The van der Waals surface area contributed by atoms with E-state index in [1.807, 2.05) is 12.1 Å². The molecule has 0 saturated heterocycles. The van der Waals surface area contributed by atoms with E-state index in [0.717, 1.165) is 23.7 Å². The van der Waals surface area contributed by atoms with Crippen molar-refractivity contribution in [1.82, 2.24) is 4.98 Å². The second-order valence-corrected chi connectivity index (χ2v) is 3.49. The Morgan fingerprint density at radius 2 is 2.31 bits per heavy atom. The number of pyridine rings is 1. The number of nitrogens with two attached hydrogens (primary N) is 1. The van der Waals surface area contributed by atoms with Gasteiger partial charge in [-0.1, -0.05) is 34.1 Å². The first-order valence-electron chi connectivity index (χ1n) is 4.25. The van der Waals surface area contributed by atoms with Gasteiger partial charge in [0.2, 0.25) is 0 Å². The van der Waals surface area contributed by atoms with Crippen molar-refractivity contribution >= 4 is 21.7 Å². The van der Waals surface area contributed by atoms with E-state index in [1.54, 1.807) is 6.20 Å². The molecule has 1 heterocycles. The van der Waals surface area contributed by atoms with Crippen LogP contribution in [0.3, 0.4) is 0 Å². The molecule has 0 aromatic carbocycles. The average molecular weight is 241 g/mol. The molecule has 0 amide bonds. The normalized spacial score (nSPS) is 10.8. The summed E-state index contributed by atoms with van der Waals surface area (Å²) in [5, 5.41) is 1.01. The van der Waals surface area contributed by atoms with Gasteiger partial charge in [-0.2, -0.15) is 0 Å². The Kier molecular flexibility index (Phi) is 4.54. The molecule has 0 aliphatic carbocycles. The van der Waals surface area contributed by atoms with Crippen LogP contribution in [0.5, 0.6) is 0 Å². The molecule has 0 spiro atoms. The smallest absolute Gasteiger partial charge is 0.126 e. The molecule has 0 bridgehead atoms. The Bertz CT molecular complexity index is 284. The Labute approximate surface area is 87.0 Å². The fraction of sp³-hybridized carbons (Fsp3) is 0.300. The third-order valence-corrected chi connectivity index (χ3v) is 2.16. The predicted octanol–water partition coefficient (Wildman–Crippen LogP) is 2.55. The molecule has 0 fully saturated rings. The first kappa shape index (κ1) is 10.3. The molecule has 0 saturated carbocycles. The number of halogens is 1. The number of anilines is 1. The molecule has 70 valence electrons. The number of alkyl halides is 1. The quantitative estimate of drug-likeness (QED) is 0.649. The summed E-state index contributed by atoms with van der Waals surface area (Å²) >= 11 is 3.36. The zero-order chi connectivity index (χ0) is 9.52. The zero-order valence-electron chi connectivity index (χ0n) is 7.41. The number of allylic oxidation sites excluding steroid dienone is 2. The molecule has 1 rings (SSSR count). The summed E-state index contributed by atoms with van der Waals surface area (Å²) in [5.41, 5.74) is 6.77. The van der Waals surface area contributed by atoms with Gasteiger partial charge in [-0.15, -0.1) is 0 Å². The molecule has 1 aromatic heterocycles. The van der Waals surface area contributed by atoms with Gasteiger partial charge in [0.1, 0.15) is 5.82 Å². The molecular weight excluding hydrogens is 228 g/mol. The van der Waals surface area contributed by atoms with E-state index in [4.69, 9.17) is 5.73 Å². The van der Waals surface area contributed by atoms with Gasteiger partial charge in [-0.25, -0.2) is 4.98 Å². The van der Waals surface area contributed by atoms with E-state index in [9.17, 15) is 0 Å². The first-order chi connectivity index (χ1) is 6.34. The van der Waals surface area contributed by atoms with Crippen LogP contribution in [0.1, 0.15) is 12.0 Å². The standard InChI is InChI=1S/C10H13BrN2/c11-7-3-1-2-5-9-6-4-8-13-10(9)12/h1-2,4,6,8H,3,5,7H2,(H2,12,13). The highest BCUT2D eigenvalue weighted by atomic mass is 79.9. The summed E-state index contributed by atoms with van der Waals surface area (Å²) in [4.78, 5) is 4.01. The molecule has 1 aromatic rings. The van der Waals surface area contributed by atoms with Crippen molar-refractivity contribution < 1.29 is 0 Å². The first-order valence-corrected chi connectivity index (χ1v) is 5.37. The van der Waals surface area contributed by atoms with Gasteiger partial charge in [-0.3, -0.25) is 0 Å². The van der Waals surface area contributed by atoms with E-state index >= 15 is 0 Å². The van der Waals surface area contributed by atoms with Crippen LogP contribution >= 0.6 is 15.9 Å². The van der Waals surface area contributed by atoms with Gasteiger partial charge < -0.3 is 5.73 Å². The minimum absolute atomic E-state index is 0.631. The summed E-state index contributed by atoms with van der Waals surface area (Å²) in [6.07, 6.45) is 7.89. The van der Waals surface area contributed by atoms with Crippen LogP contribution in [0.2, 0.25) is 0 Å². The van der Waals surface area contributed by atoms with E-state index in [1.165, 1.54) is 0 Å². The van der Waals surface area contributed by atoms with Crippen LogP contribution in [-0.4, -0.2) is 10.3 Å². The Morgan fingerprint density at radius 1 is 1.46 bits per heavy atom. The lowest BCUT2D eigenvalue weighted by Crippen LogP contribution is -1.95. The second-order valence-electron chi connectivity index (χ2n) is 2.70. The fourth-order valence-corrected chi connectivity index (χ4v) is 1.28. The molecule has 3 heteroatoms. The molecule has 0 aliphatic rings. The van der Waals surface area contributed by atoms with Crippen LogP contribution in [0, 0.1) is 0 Å². The molecule has 13 heavy (non-hydrogen) atoms. The maximum Gasteiger partial charge on any atom is 0.126 e. The number of nitrogens with zero attached hydrogens (tertiary/aromatic N) is 1. The highest BCUT2D eigenvalue weighted by Gasteiger charge is 1.94. The molecule has 2 N–H and O–H groups in total. The van der Waals surface area contributed by atoms with Crippen molar-refractivity contribution in [3.63, 3.8) is 0 Å². The van der Waals surface area contributed by atoms with Crippen molar-refractivity contribution in [2.45, 2.75) is 12.8 Å². The average Bonchev–Trinajstić information content (AvgIpc) is 2.15. The highest BCUT2D eigenvalue weighted by Crippen LogP contribution is 2.08. The van der Waals surface area contributed by atoms with Crippen LogP contribution in [0.25, 0.3) is 0 Å². The lowest BCUT2D eigenvalue weighted by molar-refractivity contribution is 1.17. The summed E-state index contributed by atoms with van der Waals surface area (Å²) in [5.74, 6) is 0.631. The van der Waals surface area contributed by atoms with Gasteiger partial charge in [0, 0.05) is 11.5 Å². The van der Waals surface area contributed by atoms with Gasteiger partial charge in [0.15, 0.2) is 0 Å². The molecule has 0 aliphatic heterocycles. The van der Waals surface area contributed by atoms with E-state index in [-0.39, 0.29) is 0 Å². The van der Waals surface area contributed by atoms with Crippen LogP contribution in [0.4, 0.5) is 5.82 Å². The number of rotatable bonds is 4. The fourth-order valence-electron chi connectivity index (χ4n) is 1.01. The number of nitrogen functional groups attached to an aromatic ring is 1. The monoisotopic (exact) mass is 240 g/mol. The maximum absolute atomic E-state index is 5.68. The van der Waals surface area contributed by atoms with Gasteiger partial charge in [-0.05, 0) is 24.5 Å². The van der Waals surface area contributed by atoms with Crippen LogP contribution in [0.15, 0.2) is 30.5 Å². The number of hydrogen-bond acceptors (Lipinski definition) is 2. The van der Waals surface area contributed by atoms with Crippen molar-refractivity contribution in [3.8, 4) is 0 Å². The molecule has 0 radical (unpaired) electrons. The maximum atomic E-state index is 5.68. The number of aromatic nitrogens is 1. The highest BCUT2D eigenvalue weighted by molar-refractivity contribution is 9.09. The number of hydrogen-bond donors (Lipinski definition) is 1. The van der Waals surface area contributed by atoms with E-state index < -0.39 is 0 Å². The van der Waals surface area contributed by atoms with E-state index in [0.29, 0.717) is 5.82 Å². The van der Waals surface area contributed by atoms with Crippen molar-refractivity contribution in [2.24, 2.45) is 0 Å². The molecular formula is C10H13BrN2. The Morgan fingerprint density at radius 3 is 3.00 bits per heavy atom. The summed E-state index contributed by atoms with van der Waals surface area (Å²) < 4.78 is 0. The molecule has 0 unspecified atom stereocenters. The van der Waals surface area contributed by atoms with E-state index in [2.05, 4.69) is 33.1 Å². The lowest BCUT2D eigenvalue weighted by Gasteiger charge is -1.99. The van der Waals surface area contributed by atoms with Crippen molar-refractivity contribution in [1.29, 1.82) is 0 Å². The van der Waals surface area contributed by atoms with Crippen molar-refractivity contribution in [3.05, 3.63) is 36.0 Å². The minimum Gasteiger partial charge on any atom is -0.383 e. The van der Waals surface area contributed by atoms with Gasteiger partial charge in [0.25, 0.3) is 0 Å². The largest absolute Gasteiger partial charge is 0.383 e.